The summed E-state index contributed by atoms with van der Waals surface area (Å²) >= 11 is 4.13. The second-order valence-electron chi connectivity index (χ2n) is 7.25. The second-order valence-corrected chi connectivity index (χ2v) is 9.57. The first-order chi connectivity index (χ1) is 15.2. The largest absolute Gasteiger partial charge is 0.480 e. The van der Waals surface area contributed by atoms with E-state index in [2.05, 4.69) is 50.5 Å². The Bertz CT molecular complexity index is 1220. The summed E-state index contributed by atoms with van der Waals surface area (Å²) in [4.78, 5) is 37.1. The van der Waals surface area contributed by atoms with E-state index in [-0.39, 0.29) is 5.78 Å². The maximum absolute atomic E-state index is 13.4. The van der Waals surface area contributed by atoms with Gasteiger partial charge in [0.25, 0.3) is 0 Å². The van der Waals surface area contributed by atoms with Crippen molar-refractivity contribution in [3.63, 3.8) is 0 Å². The topological polar surface area (TPSA) is 102 Å². The standard InChI is InChI=1S/C23H17I2NO6/c1-10-17(23(30)31-2)18(11-7-14(24)22(15(25)8-11)32-9-16(27)28)19-20(26-10)12-5-3-4-6-13(12)21(19)29/h3-8,18,26H,9H2,1-2H3,(H,27,28)/t18-/m0/s1. The lowest BCUT2D eigenvalue weighted by molar-refractivity contribution is -0.139. The van der Waals surface area contributed by atoms with Gasteiger partial charge in [-0.3, -0.25) is 4.79 Å². The summed E-state index contributed by atoms with van der Waals surface area (Å²) in [7, 11) is 1.31. The lowest BCUT2D eigenvalue weighted by atomic mass is 9.80. The fourth-order valence-corrected chi connectivity index (χ4v) is 6.19. The number of allylic oxidation sites excluding steroid dienone is 2. The third-order valence-electron chi connectivity index (χ3n) is 5.35. The van der Waals surface area contributed by atoms with Gasteiger partial charge in [-0.15, -0.1) is 0 Å². The van der Waals surface area contributed by atoms with Crippen LogP contribution in [-0.2, 0) is 14.3 Å². The number of carboxylic acids is 1. The molecule has 0 fully saturated rings. The van der Waals surface area contributed by atoms with Crippen molar-refractivity contribution < 1.29 is 29.0 Å². The highest BCUT2D eigenvalue weighted by molar-refractivity contribution is 14.1. The molecule has 2 N–H and O–H groups in total. The number of halogens is 2. The van der Waals surface area contributed by atoms with Gasteiger partial charge in [0.2, 0.25) is 0 Å². The van der Waals surface area contributed by atoms with Crippen molar-refractivity contribution in [3.05, 3.63) is 77.1 Å². The van der Waals surface area contributed by atoms with Gasteiger partial charge in [0.05, 0.1) is 25.5 Å². The Kier molecular flexibility index (Phi) is 6.30. The smallest absolute Gasteiger partial charge is 0.341 e. The Morgan fingerprint density at radius 3 is 2.34 bits per heavy atom. The molecule has 2 aromatic carbocycles. The van der Waals surface area contributed by atoms with E-state index >= 15 is 0 Å². The van der Waals surface area contributed by atoms with Crippen LogP contribution in [0.3, 0.4) is 0 Å². The molecule has 0 aromatic heterocycles. The molecule has 0 bridgehead atoms. The number of ketones is 1. The van der Waals surface area contributed by atoms with Gasteiger partial charge in [-0.1, -0.05) is 24.3 Å². The Morgan fingerprint density at radius 1 is 1.12 bits per heavy atom. The summed E-state index contributed by atoms with van der Waals surface area (Å²) in [5, 5.41) is 12.2. The van der Waals surface area contributed by atoms with Crippen LogP contribution in [0.5, 0.6) is 5.75 Å². The third-order valence-corrected chi connectivity index (χ3v) is 6.95. The molecule has 2 aliphatic rings. The number of esters is 1. The molecule has 0 saturated carbocycles. The number of nitrogens with one attached hydrogen (secondary N) is 1. The maximum Gasteiger partial charge on any atom is 0.341 e. The van der Waals surface area contributed by atoms with E-state index in [1.807, 2.05) is 30.3 Å². The first-order valence-electron chi connectivity index (χ1n) is 9.52. The van der Waals surface area contributed by atoms with Crippen molar-refractivity contribution >= 4 is 68.6 Å². The first-order valence-corrected chi connectivity index (χ1v) is 11.7. The molecule has 164 valence electrons. The molecule has 9 heteroatoms. The van der Waals surface area contributed by atoms with Gasteiger partial charge in [0, 0.05) is 28.3 Å². The number of fused-ring (bicyclic) bond motifs is 2. The molecule has 0 amide bonds. The van der Waals surface area contributed by atoms with Crippen LogP contribution in [0, 0.1) is 7.14 Å². The van der Waals surface area contributed by atoms with Crippen LogP contribution in [-0.4, -0.2) is 36.5 Å². The fraction of sp³-hybridized carbons (Fsp3) is 0.174. The van der Waals surface area contributed by atoms with Gasteiger partial charge in [0.15, 0.2) is 12.4 Å². The van der Waals surface area contributed by atoms with Crippen molar-refractivity contribution in [1.29, 1.82) is 0 Å². The zero-order valence-electron chi connectivity index (χ0n) is 17.0. The number of carbonyl (C=O) groups is 3. The van der Waals surface area contributed by atoms with Gasteiger partial charge >= 0.3 is 11.9 Å². The highest BCUT2D eigenvalue weighted by Crippen LogP contribution is 2.47. The minimum Gasteiger partial charge on any atom is -0.480 e. The SMILES string of the molecule is COC(=O)C1=C(C)NC2=C(C(=O)c3ccccc32)[C@H]1c1cc(I)c(OCC(=O)O)c(I)c1. The molecular formula is C23H17I2NO6. The van der Waals surface area contributed by atoms with E-state index in [0.717, 1.165) is 11.1 Å². The summed E-state index contributed by atoms with van der Waals surface area (Å²) in [6.07, 6.45) is 0. The molecule has 1 aliphatic carbocycles. The van der Waals surface area contributed by atoms with Crippen molar-refractivity contribution in [2.24, 2.45) is 0 Å². The number of benzene rings is 2. The number of aliphatic carboxylic acids is 1. The number of Topliss-reactive ketones (excluding diaryl/α,β-unsaturated/α-hetero) is 1. The van der Waals surface area contributed by atoms with Crippen molar-refractivity contribution in [2.75, 3.05) is 13.7 Å². The number of methoxy groups -OCH3 is 1. The van der Waals surface area contributed by atoms with E-state index < -0.39 is 24.5 Å². The van der Waals surface area contributed by atoms with E-state index in [1.165, 1.54) is 7.11 Å². The molecule has 0 saturated heterocycles. The molecule has 0 spiro atoms. The molecule has 0 unspecified atom stereocenters. The molecule has 4 rings (SSSR count). The van der Waals surface area contributed by atoms with E-state index in [0.29, 0.717) is 41.0 Å². The second kappa shape index (κ2) is 8.85. The third kappa shape index (κ3) is 3.81. The molecule has 1 atom stereocenters. The maximum atomic E-state index is 13.4. The fourth-order valence-electron chi connectivity index (χ4n) is 4.06. The lowest BCUT2D eigenvalue weighted by Gasteiger charge is -2.29. The van der Waals surface area contributed by atoms with E-state index in [4.69, 9.17) is 14.6 Å². The van der Waals surface area contributed by atoms with E-state index in [1.54, 1.807) is 13.0 Å². The summed E-state index contributed by atoms with van der Waals surface area (Å²) in [5.74, 6) is -1.93. The number of rotatable bonds is 5. The van der Waals surface area contributed by atoms with Crippen LogP contribution in [0.2, 0.25) is 0 Å². The van der Waals surface area contributed by atoms with Gasteiger partial charge in [-0.2, -0.15) is 0 Å². The normalized spacial score (nSPS) is 17.0. The zero-order valence-corrected chi connectivity index (χ0v) is 21.3. The number of hydrogen-bond acceptors (Lipinski definition) is 6. The Labute approximate surface area is 211 Å². The average Bonchev–Trinajstić information content (AvgIpc) is 3.03. The number of ether oxygens (including phenoxy) is 2. The van der Waals surface area contributed by atoms with Crippen LogP contribution in [0.4, 0.5) is 0 Å². The zero-order chi connectivity index (χ0) is 23.2. The van der Waals surface area contributed by atoms with Gasteiger partial charge in [-0.05, 0) is 69.8 Å². The monoisotopic (exact) mass is 657 g/mol. The number of dihydropyridines is 1. The summed E-state index contributed by atoms with van der Waals surface area (Å²) in [6, 6.07) is 11.0. The molecule has 1 heterocycles. The van der Waals surface area contributed by atoms with Gasteiger partial charge in [0.1, 0.15) is 5.75 Å². The lowest BCUT2D eigenvalue weighted by Crippen LogP contribution is -2.29. The molecular weight excluding hydrogens is 640 g/mol. The number of carbonyl (C=O) groups excluding carboxylic acids is 2. The van der Waals surface area contributed by atoms with Crippen LogP contribution in [0.1, 0.15) is 34.3 Å². The molecule has 7 nitrogen and oxygen atoms in total. The minimum atomic E-state index is -1.07. The minimum absolute atomic E-state index is 0.141. The molecule has 2 aromatic rings. The first kappa shape index (κ1) is 22.8. The summed E-state index contributed by atoms with van der Waals surface area (Å²) < 4.78 is 11.8. The van der Waals surface area contributed by atoms with Gasteiger partial charge < -0.3 is 19.9 Å². The predicted octanol–water partition coefficient (Wildman–Crippen LogP) is 4.10. The van der Waals surface area contributed by atoms with Crippen molar-refractivity contribution in [1.82, 2.24) is 5.32 Å². The van der Waals surface area contributed by atoms with Crippen LogP contribution in [0.25, 0.3) is 5.70 Å². The molecule has 0 radical (unpaired) electrons. The average molecular weight is 657 g/mol. The van der Waals surface area contributed by atoms with Crippen LogP contribution >= 0.6 is 45.2 Å². The predicted molar refractivity (Wildman–Crippen MR) is 133 cm³/mol. The molecule has 32 heavy (non-hydrogen) atoms. The number of hydrogen-bond donors (Lipinski definition) is 2. The Hall–Kier alpha value is -2.41. The van der Waals surface area contributed by atoms with Gasteiger partial charge in [-0.25, -0.2) is 9.59 Å². The summed E-state index contributed by atoms with van der Waals surface area (Å²) in [5.41, 5.74) is 4.25. The highest BCUT2D eigenvalue weighted by atomic mass is 127. The van der Waals surface area contributed by atoms with Crippen LogP contribution < -0.4 is 10.1 Å². The van der Waals surface area contributed by atoms with Crippen LogP contribution in [0.15, 0.2) is 53.2 Å². The van der Waals surface area contributed by atoms with Crippen molar-refractivity contribution in [3.8, 4) is 5.75 Å². The summed E-state index contributed by atoms with van der Waals surface area (Å²) in [6.45, 7) is 1.32. The highest BCUT2D eigenvalue weighted by Gasteiger charge is 2.43. The quantitative estimate of drug-likeness (QED) is 0.369. The number of carboxylic acid groups (broad SMARTS) is 1. The van der Waals surface area contributed by atoms with Crippen molar-refractivity contribution in [2.45, 2.75) is 12.8 Å². The Morgan fingerprint density at radius 2 is 1.75 bits per heavy atom. The Balaban J connectivity index is 1.89. The molecule has 1 aliphatic heterocycles. The van der Waals surface area contributed by atoms with E-state index in [9.17, 15) is 14.4 Å².